The molecule has 0 spiro atoms. The molecule has 1 aromatic rings. The summed E-state index contributed by atoms with van der Waals surface area (Å²) >= 11 is 0. The van der Waals surface area contributed by atoms with Crippen LogP contribution in [0.15, 0.2) is 22.1 Å². The second-order valence-corrected chi connectivity index (χ2v) is 5.98. The number of nitrogens with zero attached hydrogens (tertiary/aromatic N) is 4. The van der Waals surface area contributed by atoms with E-state index >= 15 is 0 Å². The molecule has 1 atom stereocenters. The Bertz CT molecular complexity index is 878. The van der Waals surface area contributed by atoms with Gasteiger partial charge in [0.05, 0.1) is 18.4 Å². The first-order valence-electron chi connectivity index (χ1n) is 7.54. The number of amidine groups is 1. The van der Waals surface area contributed by atoms with Crippen LogP contribution in [0.5, 0.6) is 0 Å². The van der Waals surface area contributed by atoms with Crippen LogP contribution in [0, 0.1) is 26.3 Å². The quantitative estimate of drug-likeness (QED) is 0.655. The Hall–Kier alpha value is -2.82. The van der Waals surface area contributed by atoms with Gasteiger partial charge < -0.3 is 10.6 Å². The van der Waals surface area contributed by atoms with E-state index in [9.17, 15) is 9.59 Å². The first-order valence-corrected chi connectivity index (χ1v) is 7.54. The summed E-state index contributed by atoms with van der Waals surface area (Å²) in [5, 5.41) is 0. The number of anilines is 1. The molecule has 0 saturated carbocycles. The highest BCUT2D eigenvalue weighted by atomic mass is 16.2. The fourth-order valence-corrected chi connectivity index (χ4v) is 2.72. The largest absolute Gasteiger partial charge is 0.465 e. The van der Waals surface area contributed by atoms with Crippen molar-refractivity contribution in [2.75, 3.05) is 25.0 Å². The minimum Gasteiger partial charge on any atom is -0.329 e. The average Bonchev–Trinajstić information content (AvgIpc) is 2.55. The molecule has 2 N–H and O–H groups in total. The molecule has 0 radical (unpaired) electrons. The van der Waals surface area contributed by atoms with Gasteiger partial charge in [-0.3, -0.25) is 0 Å². The van der Waals surface area contributed by atoms with Crippen molar-refractivity contribution in [1.29, 1.82) is 0 Å². The van der Waals surface area contributed by atoms with Gasteiger partial charge in [0, 0.05) is 13.1 Å². The molecule has 1 unspecified atom stereocenters. The van der Waals surface area contributed by atoms with Crippen LogP contribution in [0.2, 0.25) is 0 Å². The molecule has 24 heavy (non-hydrogen) atoms. The lowest BCUT2D eigenvalue weighted by Crippen LogP contribution is -2.60. The van der Waals surface area contributed by atoms with Gasteiger partial charge in [0.15, 0.2) is 11.9 Å². The van der Waals surface area contributed by atoms with Crippen molar-refractivity contribution in [1.82, 2.24) is 0 Å². The maximum absolute atomic E-state index is 12.8. The number of amides is 3. The van der Waals surface area contributed by atoms with Crippen LogP contribution >= 0.6 is 0 Å². The average molecular weight is 324 g/mol. The van der Waals surface area contributed by atoms with Gasteiger partial charge in [0.2, 0.25) is 5.71 Å². The molecule has 2 heterocycles. The summed E-state index contributed by atoms with van der Waals surface area (Å²) in [6.45, 7) is 4.71. The molecule has 0 bridgehead atoms. The smallest absolute Gasteiger partial charge is 0.329 e. The fourth-order valence-electron chi connectivity index (χ4n) is 2.72. The molecule has 0 aromatic heterocycles. The Morgan fingerprint density at radius 2 is 1.92 bits per heavy atom. The number of terminal acetylenes is 1. The standard InChI is InChI=1S/C17H18N5O2/c1-5-22(4)16(23)14-15(20-17(22)24)21(7-6-18)13-9-11(3)10(2)8-12(13)19-14/h1,8-9H,6-7,18H2,2-4H3/q+1. The number of imide groups is 1. The van der Waals surface area contributed by atoms with E-state index in [1.165, 1.54) is 7.05 Å². The van der Waals surface area contributed by atoms with Crippen molar-refractivity contribution < 1.29 is 14.1 Å². The van der Waals surface area contributed by atoms with Crippen molar-refractivity contribution in [3.8, 4) is 12.5 Å². The van der Waals surface area contributed by atoms with Crippen LogP contribution in [0.1, 0.15) is 11.1 Å². The third kappa shape index (κ3) is 2.08. The molecule has 122 valence electrons. The van der Waals surface area contributed by atoms with Crippen LogP contribution in [0.3, 0.4) is 0 Å². The highest BCUT2D eigenvalue weighted by Gasteiger charge is 2.51. The number of hydrogen-bond donors (Lipinski definition) is 1. The molecule has 3 amide bonds. The number of carbonyl (C=O) groups excluding carboxylic acids is 2. The van der Waals surface area contributed by atoms with Gasteiger partial charge in [0.1, 0.15) is 0 Å². The molecule has 0 saturated heterocycles. The number of benzene rings is 1. The second-order valence-electron chi connectivity index (χ2n) is 5.98. The maximum Gasteiger partial charge on any atom is 0.465 e. The number of fused-ring (bicyclic) bond motifs is 2. The molecule has 1 aromatic carbocycles. The molecule has 2 aliphatic heterocycles. The number of urea groups is 1. The van der Waals surface area contributed by atoms with Crippen molar-refractivity contribution >= 4 is 34.9 Å². The van der Waals surface area contributed by atoms with E-state index in [1.807, 2.05) is 26.0 Å². The molecular weight excluding hydrogens is 306 g/mol. The van der Waals surface area contributed by atoms with Gasteiger partial charge in [-0.2, -0.15) is 0 Å². The zero-order chi connectivity index (χ0) is 17.6. The lowest BCUT2D eigenvalue weighted by Gasteiger charge is -2.34. The highest BCUT2D eigenvalue weighted by Crippen LogP contribution is 2.37. The molecular formula is C17H18N5O2+. The zero-order valence-corrected chi connectivity index (χ0v) is 13.8. The molecule has 0 fully saturated rings. The summed E-state index contributed by atoms with van der Waals surface area (Å²) in [6, 6.07) is 5.37. The Balaban J connectivity index is 2.29. The third-order valence-electron chi connectivity index (χ3n) is 4.39. The number of aliphatic imine (C=N–C) groups is 2. The van der Waals surface area contributed by atoms with E-state index in [4.69, 9.17) is 12.2 Å². The molecule has 7 nitrogen and oxygen atoms in total. The summed E-state index contributed by atoms with van der Waals surface area (Å²) in [5.41, 5.74) is 9.37. The predicted molar refractivity (Wildman–Crippen MR) is 92.3 cm³/mol. The van der Waals surface area contributed by atoms with E-state index < -0.39 is 16.4 Å². The van der Waals surface area contributed by atoms with E-state index in [-0.39, 0.29) is 11.5 Å². The van der Waals surface area contributed by atoms with Crippen LogP contribution in [-0.4, -0.2) is 48.1 Å². The van der Waals surface area contributed by atoms with Crippen LogP contribution < -0.4 is 10.6 Å². The third-order valence-corrected chi connectivity index (χ3v) is 4.39. The fraction of sp³-hybridized carbons (Fsp3) is 0.294. The van der Waals surface area contributed by atoms with Gasteiger partial charge in [-0.25, -0.2) is 14.6 Å². The molecule has 0 aliphatic carbocycles. The lowest BCUT2D eigenvalue weighted by molar-refractivity contribution is -0.670. The van der Waals surface area contributed by atoms with E-state index in [1.54, 1.807) is 4.90 Å². The number of carbonyl (C=O) groups is 2. The summed E-state index contributed by atoms with van der Waals surface area (Å²) in [5.74, 6) is -0.338. The van der Waals surface area contributed by atoms with Crippen molar-refractivity contribution in [2.24, 2.45) is 15.7 Å². The number of aryl methyl sites for hydroxylation is 2. The number of rotatable bonds is 2. The van der Waals surface area contributed by atoms with E-state index in [0.717, 1.165) is 16.8 Å². The summed E-state index contributed by atoms with van der Waals surface area (Å²) in [4.78, 5) is 35.3. The van der Waals surface area contributed by atoms with Gasteiger partial charge in [-0.05, 0) is 37.1 Å². The van der Waals surface area contributed by atoms with Crippen molar-refractivity contribution in [2.45, 2.75) is 13.8 Å². The molecule has 7 heteroatoms. The van der Waals surface area contributed by atoms with Crippen LogP contribution in [0.4, 0.5) is 16.2 Å². The highest BCUT2D eigenvalue weighted by molar-refractivity contribution is 6.70. The Morgan fingerprint density at radius 3 is 2.54 bits per heavy atom. The normalized spacial score (nSPS) is 22.4. The summed E-state index contributed by atoms with van der Waals surface area (Å²) in [6.07, 6.45) is 5.39. The Kier molecular flexibility index (Phi) is 3.59. The zero-order valence-electron chi connectivity index (χ0n) is 13.8. The molecule has 3 rings (SSSR count). The second kappa shape index (κ2) is 5.37. The van der Waals surface area contributed by atoms with Crippen LogP contribution in [-0.2, 0) is 4.79 Å². The topological polar surface area (TPSA) is 88.1 Å². The predicted octanol–water partition coefficient (Wildman–Crippen LogP) is 1.25. The van der Waals surface area contributed by atoms with Gasteiger partial charge >= 0.3 is 11.9 Å². The monoisotopic (exact) mass is 324 g/mol. The first kappa shape index (κ1) is 16.1. The number of hydrogen-bond acceptors (Lipinski definition) is 5. The van der Waals surface area contributed by atoms with Crippen LogP contribution in [0.25, 0.3) is 0 Å². The minimum atomic E-state index is -0.862. The lowest BCUT2D eigenvalue weighted by atomic mass is 10.0. The van der Waals surface area contributed by atoms with Gasteiger partial charge in [0.25, 0.3) is 0 Å². The maximum atomic E-state index is 12.8. The van der Waals surface area contributed by atoms with Crippen molar-refractivity contribution in [3.05, 3.63) is 23.3 Å². The Labute approximate surface area is 140 Å². The van der Waals surface area contributed by atoms with Crippen molar-refractivity contribution in [3.63, 3.8) is 0 Å². The summed E-state index contributed by atoms with van der Waals surface area (Å²) < 4.78 is -0.862. The van der Waals surface area contributed by atoms with Gasteiger partial charge in [-0.1, -0.05) is 10.9 Å². The van der Waals surface area contributed by atoms with Gasteiger partial charge in [-0.15, -0.1) is 4.99 Å². The van der Waals surface area contributed by atoms with E-state index in [0.29, 0.717) is 18.8 Å². The Morgan fingerprint density at radius 1 is 1.25 bits per heavy atom. The minimum absolute atomic E-state index is 0.0965. The van der Waals surface area contributed by atoms with E-state index in [2.05, 4.69) is 16.0 Å². The number of nitrogens with two attached hydrogens (primary N) is 1. The SMILES string of the molecule is C#C[N+]1(C)C(=O)N=C2C(=Nc3cc(C)c(C)cc3N2CCN)C1=O. The number of quaternary nitrogens is 1. The first-order chi connectivity index (χ1) is 11.3. The molecule has 2 aliphatic rings. The summed E-state index contributed by atoms with van der Waals surface area (Å²) in [7, 11) is 1.34.